The van der Waals surface area contributed by atoms with E-state index in [4.69, 9.17) is 14.2 Å². The molecule has 1 saturated heterocycles. The third-order valence-electron chi connectivity index (χ3n) is 5.98. The van der Waals surface area contributed by atoms with Crippen molar-refractivity contribution >= 4 is 0 Å². The Balaban J connectivity index is 1.69. The molecule has 0 radical (unpaired) electrons. The van der Waals surface area contributed by atoms with Crippen molar-refractivity contribution < 1.29 is 14.2 Å². The van der Waals surface area contributed by atoms with E-state index in [1.165, 1.54) is 0 Å². The first-order valence-electron chi connectivity index (χ1n) is 11.4. The van der Waals surface area contributed by atoms with Gasteiger partial charge in [-0.25, -0.2) is 0 Å². The summed E-state index contributed by atoms with van der Waals surface area (Å²) < 4.78 is 19.1. The fourth-order valence-corrected chi connectivity index (χ4v) is 4.33. The first-order valence-corrected chi connectivity index (χ1v) is 11.4. The molecule has 0 amide bonds. The number of rotatable bonds is 10. The maximum Gasteiger partial charge on any atom is 0.143 e. The number of hydrogen-bond acceptors (Lipinski definition) is 3. The van der Waals surface area contributed by atoms with Gasteiger partial charge in [-0.05, 0) is 29.5 Å². The summed E-state index contributed by atoms with van der Waals surface area (Å²) in [7, 11) is 0. The van der Waals surface area contributed by atoms with E-state index in [9.17, 15) is 0 Å². The highest BCUT2D eigenvalue weighted by Gasteiger charge is 2.40. The van der Waals surface area contributed by atoms with Gasteiger partial charge >= 0.3 is 0 Å². The second kappa shape index (κ2) is 10.7. The van der Waals surface area contributed by atoms with Gasteiger partial charge in [0.15, 0.2) is 0 Å². The predicted molar refractivity (Wildman–Crippen MR) is 124 cm³/mol. The number of hydrogen-bond donors (Lipinski definition) is 0. The summed E-state index contributed by atoms with van der Waals surface area (Å²) >= 11 is 0. The van der Waals surface area contributed by atoms with Crippen LogP contribution in [0.25, 0.3) is 0 Å². The highest BCUT2D eigenvalue weighted by atomic mass is 16.6. The molecule has 1 fully saturated rings. The minimum atomic E-state index is -0.719. The summed E-state index contributed by atoms with van der Waals surface area (Å²) in [5.74, 6) is 0. The van der Waals surface area contributed by atoms with E-state index in [0.29, 0.717) is 6.61 Å². The first-order chi connectivity index (χ1) is 15.3. The van der Waals surface area contributed by atoms with Gasteiger partial charge in [0.2, 0.25) is 0 Å². The van der Waals surface area contributed by atoms with Crippen molar-refractivity contribution in [2.45, 2.75) is 44.0 Å². The highest BCUT2D eigenvalue weighted by molar-refractivity contribution is 5.47. The lowest BCUT2D eigenvalue weighted by Crippen LogP contribution is -2.38. The van der Waals surface area contributed by atoms with Crippen LogP contribution in [0.15, 0.2) is 91.0 Å². The van der Waals surface area contributed by atoms with Gasteiger partial charge in [0.1, 0.15) is 11.7 Å². The molecule has 1 aliphatic heterocycles. The van der Waals surface area contributed by atoms with Crippen LogP contribution < -0.4 is 0 Å². The average molecular weight is 417 g/mol. The second-order valence-electron chi connectivity index (χ2n) is 8.05. The maximum atomic E-state index is 6.90. The Labute approximate surface area is 186 Å². The SMILES string of the molecule is CCCCOC1CCOC1COC(c1ccccc1)(c1ccccc1)c1ccccc1. The van der Waals surface area contributed by atoms with Crippen molar-refractivity contribution in [2.75, 3.05) is 19.8 Å². The van der Waals surface area contributed by atoms with E-state index >= 15 is 0 Å². The predicted octanol–water partition coefficient (Wildman–Crippen LogP) is 5.97. The summed E-state index contributed by atoms with van der Waals surface area (Å²) in [5.41, 5.74) is 2.60. The largest absolute Gasteiger partial charge is 0.375 e. The zero-order chi connectivity index (χ0) is 21.4. The molecule has 0 aromatic heterocycles. The van der Waals surface area contributed by atoms with Gasteiger partial charge in [-0.3, -0.25) is 0 Å². The van der Waals surface area contributed by atoms with Gasteiger partial charge in [-0.2, -0.15) is 0 Å². The van der Waals surface area contributed by atoms with E-state index in [2.05, 4.69) is 79.7 Å². The van der Waals surface area contributed by atoms with Gasteiger partial charge in [0.25, 0.3) is 0 Å². The monoisotopic (exact) mass is 416 g/mol. The lowest BCUT2D eigenvalue weighted by molar-refractivity contribution is -0.0847. The fraction of sp³-hybridized carbons (Fsp3) is 0.357. The molecule has 0 N–H and O–H groups in total. The quantitative estimate of drug-likeness (QED) is 0.301. The van der Waals surface area contributed by atoms with Crippen molar-refractivity contribution in [3.05, 3.63) is 108 Å². The molecule has 0 bridgehead atoms. The topological polar surface area (TPSA) is 27.7 Å². The zero-order valence-electron chi connectivity index (χ0n) is 18.3. The Hall–Kier alpha value is -2.46. The third kappa shape index (κ3) is 4.90. The van der Waals surface area contributed by atoms with Gasteiger partial charge in [-0.1, -0.05) is 104 Å². The number of ether oxygens (including phenoxy) is 3. The van der Waals surface area contributed by atoms with Gasteiger partial charge in [0, 0.05) is 13.2 Å². The van der Waals surface area contributed by atoms with Gasteiger partial charge in [-0.15, -0.1) is 0 Å². The van der Waals surface area contributed by atoms with Crippen LogP contribution in [0, 0.1) is 0 Å². The zero-order valence-corrected chi connectivity index (χ0v) is 18.3. The van der Waals surface area contributed by atoms with Crippen molar-refractivity contribution in [1.29, 1.82) is 0 Å². The first kappa shape index (κ1) is 21.8. The maximum absolute atomic E-state index is 6.90. The summed E-state index contributed by atoms with van der Waals surface area (Å²) in [6.07, 6.45) is 3.16. The molecule has 1 heterocycles. The van der Waals surface area contributed by atoms with E-state index < -0.39 is 5.60 Å². The molecule has 162 valence electrons. The average Bonchev–Trinajstić information content (AvgIpc) is 3.29. The molecule has 2 unspecified atom stereocenters. The van der Waals surface area contributed by atoms with Crippen LogP contribution in [-0.4, -0.2) is 32.0 Å². The second-order valence-corrected chi connectivity index (χ2v) is 8.05. The summed E-state index contributed by atoms with van der Waals surface area (Å²) in [4.78, 5) is 0. The smallest absolute Gasteiger partial charge is 0.143 e. The molecule has 4 rings (SSSR count). The highest BCUT2D eigenvalue weighted by Crippen LogP contribution is 2.41. The molecule has 31 heavy (non-hydrogen) atoms. The van der Waals surface area contributed by atoms with Crippen molar-refractivity contribution in [2.24, 2.45) is 0 Å². The summed E-state index contributed by atoms with van der Waals surface area (Å²) in [5, 5.41) is 0. The Morgan fingerprint density at radius 3 is 1.81 bits per heavy atom. The Kier molecular flexibility index (Phi) is 7.52. The molecule has 0 saturated carbocycles. The van der Waals surface area contributed by atoms with Crippen LogP contribution in [0.5, 0.6) is 0 Å². The van der Waals surface area contributed by atoms with Crippen LogP contribution in [0.4, 0.5) is 0 Å². The van der Waals surface area contributed by atoms with Crippen LogP contribution in [0.3, 0.4) is 0 Å². The van der Waals surface area contributed by atoms with E-state index in [1.54, 1.807) is 0 Å². The van der Waals surface area contributed by atoms with Crippen LogP contribution in [0.1, 0.15) is 42.9 Å². The molecular formula is C28H32O3. The minimum absolute atomic E-state index is 0.0626. The number of unbranched alkanes of at least 4 members (excludes halogenated alkanes) is 1. The molecule has 3 heteroatoms. The van der Waals surface area contributed by atoms with E-state index in [0.717, 1.165) is 49.2 Å². The van der Waals surface area contributed by atoms with Crippen LogP contribution in [-0.2, 0) is 19.8 Å². The third-order valence-corrected chi connectivity index (χ3v) is 5.98. The molecule has 3 aromatic carbocycles. The van der Waals surface area contributed by atoms with Gasteiger partial charge in [0.05, 0.1) is 12.7 Å². The van der Waals surface area contributed by atoms with Crippen molar-refractivity contribution in [3.63, 3.8) is 0 Å². The molecule has 3 nitrogen and oxygen atoms in total. The van der Waals surface area contributed by atoms with E-state index in [-0.39, 0.29) is 12.2 Å². The molecular weight excluding hydrogens is 384 g/mol. The lowest BCUT2D eigenvalue weighted by atomic mass is 9.80. The van der Waals surface area contributed by atoms with E-state index in [1.807, 2.05) is 18.2 Å². The van der Waals surface area contributed by atoms with Crippen LogP contribution >= 0.6 is 0 Å². The van der Waals surface area contributed by atoms with Gasteiger partial charge < -0.3 is 14.2 Å². The standard InChI is InChI=1S/C28H32O3/c1-2-3-20-29-26-19-21-30-27(26)22-31-28(23-13-7-4-8-14-23,24-15-9-5-10-16-24)25-17-11-6-12-18-25/h4-18,26-27H,2-3,19-22H2,1H3. The molecule has 0 spiro atoms. The summed E-state index contributed by atoms with van der Waals surface area (Å²) in [6.45, 7) is 4.15. The van der Waals surface area contributed by atoms with Crippen molar-refractivity contribution in [1.82, 2.24) is 0 Å². The normalized spacial score (nSPS) is 18.9. The Bertz CT molecular complexity index is 799. The van der Waals surface area contributed by atoms with Crippen LogP contribution in [0.2, 0.25) is 0 Å². The Morgan fingerprint density at radius 2 is 1.32 bits per heavy atom. The number of benzene rings is 3. The minimum Gasteiger partial charge on any atom is -0.375 e. The molecule has 1 aliphatic rings. The molecule has 2 atom stereocenters. The molecule has 3 aromatic rings. The van der Waals surface area contributed by atoms with Crippen molar-refractivity contribution in [3.8, 4) is 0 Å². The molecule has 0 aliphatic carbocycles. The lowest BCUT2D eigenvalue weighted by Gasteiger charge is -2.37. The fourth-order valence-electron chi connectivity index (χ4n) is 4.33. The summed E-state index contributed by atoms with van der Waals surface area (Å²) in [6, 6.07) is 31.4. The Morgan fingerprint density at radius 1 is 0.806 bits per heavy atom.